The number of fused-ring (bicyclic) bond motifs is 3. The molecular weight excluding hydrogens is 412 g/mol. The Morgan fingerprint density at radius 1 is 1.16 bits per heavy atom. The normalized spacial score (nSPS) is 21.7. The molecule has 0 aromatic heterocycles. The van der Waals surface area contributed by atoms with Gasteiger partial charge in [-0.2, -0.15) is 0 Å². The highest BCUT2D eigenvalue weighted by Crippen LogP contribution is 2.51. The summed E-state index contributed by atoms with van der Waals surface area (Å²) >= 11 is 6.60. The number of carbonyl (C=O) groups is 1. The van der Waals surface area contributed by atoms with E-state index in [1.807, 2.05) is 43.9 Å². The van der Waals surface area contributed by atoms with Crippen LogP contribution in [-0.2, 0) is 11.2 Å². The molecule has 0 radical (unpaired) electrons. The molecule has 3 aliphatic heterocycles. The molecule has 3 aliphatic rings. The smallest absolute Gasteiger partial charge is 0.410 e. The Morgan fingerprint density at radius 3 is 2.68 bits per heavy atom. The summed E-state index contributed by atoms with van der Waals surface area (Å²) in [5.74, 6) is 1.05. The van der Waals surface area contributed by atoms with Crippen molar-refractivity contribution in [2.75, 3.05) is 31.6 Å². The van der Waals surface area contributed by atoms with E-state index in [9.17, 15) is 4.79 Å². The zero-order valence-electron chi connectivity index (χ0n) is 18.6. The molecular formula is C25H29ClN2O3. The molecule has 2 aromatic carbocycles. The van der Waals surface area contributed by atoms with Crippen LogP contribution >= 0.6 is 11.6 Å². The van der Waals surface area contributed by atoms with Crippen molar-refractivity contribution in [3.05, 3.63) is 46.5 Å². The Balaban J connectivity index is 1.49. The monoisotopic (exact) mass is 440 g/mol. The fraction of sp³-hybridized carbons (Fsp3) is 0.480. The summed E-state index contributed by atoms with van der Waals surface area (Å²) in [7, 11) is 1.65. The summed E-state index contributed by atoms with van der Waals surface area (Å²) in [4.78, 5) is 17.2. The first-order valence-corrected chi connectivity index (χ1v) is 11.4. The van der Waals surface area contributed by atoms with E-state index in [4.69, 9.17) is 21.1 Å². The molecule has 3 heterocycles. The van der Waals surface area contributed by atoms with Crippen LogP contribution in [0.4, 0.5) is 10.5 Å². The highest BCUT2D eigenvalue weighted by Gasteiger charge is 2.46. The van der Waals surface area contributed by atoms with Gasteiger partial charge in [-0.3, -0.25) is 0 Å². The minimum Gasteiger partial charge on any atom is -0.497 e. The Morgan fingerprint density at radius 2 is 1.97 bits per heavy atom. The minimum atomic E-state index is -0.482. The van der Waals surface area contributed by atoms with Gasteiger partial charge in [0.25, 0.3) is 0 Å². The van der Waals surface area contributed by atoms with E-state index in [0.717, 1.165) is 42.8 Å². The number of anilines is 1. The summed E-state index contributed by atoms with van der Waals surface area (Å²) in [6.45, 7) is 8.24. The van der Waals surface area contributed by atoms with Gasteiger partial charge in [-0.15, -0.1) is 0 Å². The first kappa shape index (κ1) is 20.5. The molecule has 2 unspecified atom stereocenters. The average molecular weight is 441 g/mol. The number of amides is 1. The van der Waals surface area contributed by atoms with Crippen LogP contribution in [0.15, 0.2) is 30.3 Å². The van der Waals surface area contributed by atoms with E-state index in [1.165, 1.54) is 16.8 Å². The van der Waals surface area contributed by atoms with Gasteiger partial charge in [0.1, 0.15) is 11.4 Å². The molecule has 2 atom stereocenters. The Hall–Kier alpha value is -2.40. The third-order valence-corrected chi connectivity index (χ3v) is 6.96. The van der Waals surface area contributed by atoms with Crippen molar-refractivity contribution >= 4 is 23.4 Å². The predicted molar refractivity (Wildman–Crippen MR) is 123 cm³/mol. The van der Waals surface area contributed by atoms with E-state index in [1.54, 1.807) is 7.11 Å². The Kier molecular flexibility index (Phi) is 4.85. The van der Waals surface area contributed by atoms with E-state index < -0.39 is 5.60 Å². The molecule has 6 heteroatoms. The molecule has 0 spiro atoms. The molecule has 1 fully saturated rings. The molecule has 2 aromatic rings. The number of hydrogen-bond acceptors (Lipinski definition) is 4. The number of piperidine rings is 1. The number of ether oxygens (including phenoxy) is 2. The molecule has 0 bridgehead atoms. The maximum absolute atomic E-state index is 12.7. The van der Waals surface area contributed by atoms with Crippen molar-refractivity contribution in [3.63, 3.8) is 0 Å². The number of rotatable bonds is 2. The highest BCUT2D eigenvalue weighted by molar-refractivity contribution is 6.33. The molecule has 5 nitrogen and oxygen atoms in total. The van der Waals surface area contributed by atoms with E-state index in [2.05, 4.69) is 17.0 Å². The summed E-state index contributed by atoms with van der Waals surface area (Å²) in [5.41, 5.74) is 5.79. The van der Waals surface area contributed by atoms with Gasteiger partial charge in [0.2, 0.25) is 0 Å². The zero-order valence-corrected chi connectivity index (χ0v) is 19.3. The first-order valence-electron chi connectivity index (χ1n) is 11.0. The highest BCUT2D eigenvalue weighted by atomic mass is 35.5. The lowest BCUT2D eigenvalue weighted by molar-refractivity contribution is 0.0189. The zero-order chi connectivity index (χ0) is 21.9. The lowest BCUT2D eigenvalue weighted by Gasteiger charge is -2.38. The fourth-order valence-corrected chi connectivity index (χ4v) is 5.63. The predicted octanol–water partition coefficient (Wildman–Crippen LogP) is 5.48. The number of carbonyl (C=O) groups excluding carboxylic acids is 1. The van der Waals surface area contributed by atoms with Crippen LogP contribution in [0.1, 0.15) is 44.2 Å². The van der Waals surface area contributed by atoms with Crippen molar-refractivity contribution in [1.29, 1.82) is 0 Å². The van der Waals surface area contributed by atoms with Gasteiger partial charge in [-0.1, -0.05) is 11.6 Å². The number of benzene rings is 2. The van der Waals surface area contributed by atoms with Crippen molar-refractivity contribution in [3.8, 4) is 16.9 Å². The number of methoxy groups -OCH3 is 1. The number of halogens is 1. The minimum absolute atomic E-state index is 0.211. The molecule has 5 rings (SSSR count). The molecule has 1 saturated heterocycles. The first-order chi connectivity index (χ1) is 14.7. The summed E-state index contributed by atoms with van der Waals surface area (Å²) in [5, 5.41) is 0.690. The Bertz CT molecular complexity index is 1050. The summed E-state index contributed by atoms with van der Waals surface area (Å²) < 4.78 is 11.0. The van der Waals surface area contributed by atoms with Gasteiger partial charge in [0.15, 0.2) is 0 Å². The molecule has 31 heavy (non-hydrogen) atoms. The van der Waals surface area contributed by atoms with Gasteiger partial charge >= 0.3 is 6.09 Å². The van der Waals surface area contributed by atoms with Gasteiger partial charge < -0.3 is 19.3 Å². The molecule has 164 valence electrons. The van der Waals surface area contributed by atoms with Gasteiger partial charge in [0, 0.05) is 42.8 Å². The van der Waals surface area contributed by atoms with Gasteiger partial charge in [-0.05, 0) is 80.6 Å². The lowest BCUT2D eigenvalue weighted by atomic mass is 9.86. The van der Waals surface area contributed by atoms with Crippen molar-refractivity contribution in [2.45, 2.75) is 51.2 Å². The molecule has 0 N–H and O–H groups in total. The third-order valence-electron chi connectivity index (χ3n) is 6.64. The van der Waals surface area contributed by atoms with Crippen molar-refractivity contribution < 1.29 is 14.3 Å². The van der Waals surface area contributed by atoms with Crippen LogP contribution in [0, 0.1) is 0 Å². The van der Waals surface area contributed by atoms with Gasteiger partial charge in [-0.25, -0.2) is 4.79 Å². The molecule has 1 amide bonds. The second kappa shape index (κ2) is 7.33. The second-order valence-corrected chi connectivity index (χ2v) is 10.2. The standard InChI is InChI=1S/C25H29ClN2O3/c1-25(2,3)31-24(29)27-9-8-22-20(14-27)19-12-16(11-15-7-10-28(22)23(15)19)18-6-5-17(30-4)13-21(18)26/h5-6,11-13,20,22H,7-10,14H2,1-4H3. The SMILES string of the molecule is COc1ccc(-c2cc3c4c(c2)C2CN(C(=O)OC(C)(C)C)CCC2N4CC3)c(Cl)c1. The van der Waals surface area contributed by atoms with Crippen LogP contribution in [0.2, 0.25) is 5.02 Å². The van der Waals surface area contributed by atoms with Crippen molar-refractivity contribution in [2.24, 2.45) is 0 Å². The Labute approximate surface area is 188 Å². The van der Waals surface area contributed by atoms with Crippen molar-refractivity contribution in [1.82, 2.24) is 4.90 Å². The second-order valence-electron chi connectivity index (χ2n) is 9.75. The topological polar surface area (TPSA) is 42.0 Å². The summed E-state index contributed by atoms with van der Waals surface area (Å²) in [6, 6.07) is 10.9. The van der Waals surface area contributed by atoms with Crippen LogP contribution in [0.25, 0.3) is 11.1 Å². The largest absolute Gasteiger partial charge is 0.497 e. The van der Waals surface area contributed by atoms with Crippen LogP contribution in [0.5, 0.6) is 5.75 Å². The quantitative estimate of drug-likeness (QED) is 0.619. The van der Waals surface area contributed by atoms with Gasteiger partial charge in [0.05, 0.1) is 12.1 Å². The maximum Gasteiger partial charge on any atom is 0.410 e. The van der Waals surface area contributed by atoms with E-state index in [-0.39, 0.29) is 6.09 Å². The summed E-state index contributed by atoms with van der Waals surface area (Å²) in [6.07, 6.45) is 1.82. The maximum atomic E-state index is 12.7. The van der Waals surface area contributed by atoms with Crippen LogP contribution in [-0.4, -0.2) is 49.4 Å². The average Bonchev–Trinajstić information content (AvgIpc) is 3.28. The number of nitrogens with zero attached hydrogens (tertiary/aromatic N) is 2. The fourth-order valence-electron chi connectivity index (χ4n) is 5.35. The molecule has 0 saturated carbocycles. The van der Waals surface area contributed by atoms with E-state index in [0.29, 0.717) is 23.5 Å². The van der Waals surface area contributed by atoms with Crippen LogP contribution in [0.3, 0.4) is 0 Å². The molecule has 0 aliphatic carbocycles. The van der Waals surface area contributed by atoms with E-state index >= 15 is 0 Å². The van der Waals surface area contributed by atoms with Crippen LogP contribution < -0.4 is 9.64 Å². The number of likely N-dealkylation sites (tertiary alicyclic amines) is 1. The third kappa shape index (κ3) is 3.53. The number of hydrogen-bond donors (Lipinski definition) is 0. The lowest BCUT2D eigenvalue weighted by Crippen LogP contribution is -2.49.